The number of hydrogen-bond donors (Lipinski definition) is 3. The van der Waals surface area contributed by atoms with Gasteiger partial charge in [-0.3, -0.25) is 4.90 Å². The number of fused-ring (bicyclic) bond motifs is 1. The summed E-state index contributed by atoms with van der Waals surface area (Å²) in [5.74, 6) is 1.91. The maximum absolute atomic E-state index is 10.2. The summed E-state index contributed by atoms with van der Waals surface area (Å²) in [5.41, 5.74) is 5.94. The van der Waals surface area contributed by atoms with E-state index in [-0.39, 0.29) is 5.75 Å². The highest BCUT2D eigenvalue weighted by molar-refractivity contribution is 5.57. The van der Waals surface area contributed by atoms with Crippen LogP contribution in [-0.2, 0) is 19.4 Å². The number of likely N-dealkylation sites (tertiary alicyclic amines) is 1. The van der Waals surface area contributed by atoms with Gasteiger partial charge in [-0.15, -0.1) is 0 Å². The summed E-state index contributed by atoms with van der Waals surface area (Å²) in [6.45, 7) is 4.80. The van der Waals surface area contributed by atoms with Crippen LogP contribution >= 0.6 is 0 Å². The van der Waals surface area contributed by atoms with Gasteiger partial charge in [0, 0.05) is 24.8 Å². The molecule has 5 heteroatoms. The fourth-order valence-corrected chi connectivity index (χ4v) is 5.61. The molecule has 0 aromatic heterocycles. The Morgan fingerprint density at radius 3 is 2.39 bits per heavy atom. The predicted molar refractivity (Wildman–Crippen MR) is 145 cm³/mol. The Labute approximate surface area is 214 Å². The van der Waals surface area contributed by atoms with Crippen LogP contribution < -0.4 is 10.1 Å². The van der Waals surface area contributed by atoms with Crippen molar-refractivity contribution in [3.05, 3.63) is 82.9 Å². The lowest BCUT2D eigenvalue weighted by Gasteiger charge is -2.27. The number of nitrogens with zero attached hydrogens (tertiary/aromatic N) is 1. The molecule has 0 spiro atoms. The van der Waals surface area contributed by atoms with E-state index in [9.17, 15) is 10.2 Å². The molecule has 0 bridgehead atoms. The molecule has 3 N–H and O–H groups in total. The lowest BCUT2D eigenvalue weighted by molar-refractivity contribution is 0.214. The minimum Gasteiger partial charge on any atom is -0.508 e. The van der Waals surface area contributed by atoms with Gasteiger partial charge < -0.3 is 20.3 Å². The maximum Gasteiger partial charge on any atom is 0.119 e. The number of ether oxygens (including phenoxy) is 1. The second-order valence-electron chi connectivity index (χ2n) is 10.3. The van der Waals surface area contributed by atoms with Gasteiger partial charge in [0.25, 0.3) is 0 Å². The van der Waals surface area contributed by atoms with Crippen molar-refractivity contribution in [1.29, 1.82) is 0 Å². The molecule has 1 unspecified atom stereocenters. The zero-order valence-corrected chi connectivity index (χ0v) is 21.1. The summed E-state index contributed by atoms with van der Waals surface area (Å²) >= 11 is 0. The van der Waals surface area contributed by atoms with Crippen LogP contribution in [0.3, 0.4) is 0 Å². The van der Waals surface area contributed by atoms with E-state index in [1.54, 1.807) is 12.1 Å². The van der Waals surface area contributed by atoms with Gasteiger partial charge >= 0.3 is 0 Å². The van der Waals surface area contributed by atoms with Crippen molar-refractivity contribution < 1.29 is 14.9 Å². The lowest BCUT2D eigenvalue weighted by Crippen LogP contribution is -2.29. The summed E-state index contributed by atoms with van der Waals surface area (Å²) in [5, 5.41) is 23.5. The highest BCUT2D eigenvalue weighted by Crippen LogP contribution is 2.38. The van der Waals surface area contributed by atoms with Crippen LogP contribution in [0.1, 0.15) is 60.3 Å². The second-order valence-corrected chi connectivity index (χ2v) is 10.3. The van der Waals surface area contributed by atoms with E-state index in [1.165, 1.54) is 61.0 Å². The Morgan fingerprint density at radius 1 is 0.833 bits per heavy atom. The normalized spacial score (nSPS) is 18.3. The summed E-state index contributed by atoms with van der Waals surface area (Å²) in [6.07, 6.45) is 8.25. The number of aromatic hydroxyl groups is 2. The van der Waals surface area contributed by atoms with E-state index in [4.69, 9.17) is 4.74 Å². The van der Waals surface area contributed by atoms with Crippen LogP contribution in [0.2, 0.25) is 0 Å². The Kier molecular flexibility index (Phi) is 7.97. The number of hydrogen-bond acceptors (Lipinski definition) is 5. The maximum atomic E-state index is 10.2. The molecule has 3 aromatic rings. The van der Waals surface area contributed by atoms with E-state index in [0.717, 1.165) is 43.9 Å². The van der Waals surface area contributed by atoms with Crippen LogP contribution in [0.15, 0.2) is 60.7 Å². The van der Waals surface area contributed by atoms with E-state index < -0.39 is 0 Å². The van der Waals surface area contributed by atoms with Gasteiger partial charge in [-0.25, -0.2) is 0 Å². The molecule has 1 heterocycles. The summed E-state index contributed by atoms with van der Waals surface area (Å²) in [4.78, 5) is 2.52. The molecule has 2 aliphatic rings. The highest BCUT2D eigenvalue weighted by atomic mass is 16.5. The summed E-state index contributed by atoms with van der Waals surface area (Å²) in [7, 11) is 0. The third kappa shape index (κ3) is 6.33. The molecule has 0 amide bonds. The fraction of sp³-hybridized carbons (Fsp3) is 0.419. The third-order valence-corrected chi connectivity index (χ3v) is 7.68. The van der Waals surface area contributed by atoms with Crippen LogP contribution in [0.5, 0.6) is 17.2 Å². The van der Waals surface area contributed by atoms with Gasteiger partial charge in [0.05, 0.1) is 0 Å². The van der Waals surface area contributed by atoms with Crippen LogP contribution in [0.4, 0.5) is 5.69 Å². The largest absolute Gasteiger partial charge is 0.508 e. The van der Waals surface area contributed by atoms with Crippen molar-refractivity contribution in [3.8, 4) is 17.2 Å². The number of aryl methyl sites for hydroxylation is 1. The van der Waals surface area contributed by atoms with Crippen molar-refractivity contribution >= 4 is 5.69 Å². The molecule has 1 fully saturated rings. The van der Waals surface area contributed by atoms with Crippen molar-refractivity contribution in [1.82, 2.24) is 4.90 Å². The standard InChI is InChI=1S/C31H38N2O3/c34-27-10-9-24-19-26(8-7-25(24)20-27)30-14-11-28(35)21-31(30)32-22-23-5-12-29(13-6-23)36-18-17-33-15-3-1-2-4-16-33/h5-6,9-14,20-21,26,32,34-35H,1-4,7-8,15-19,22H2. The van der Waals surface area contributed by atoms with E-state index >= 15 is 0 Å². The number of rotatable bonds is 8. The quantitative estimate of drug-likeness (QED) is 0.352. The first kappa shape index (κ1) is 24.5. The number of nitrogens with one attached hydrogen (secondary N) is 1. The number of phenols is 2. The number of anilines is 1. The average molecular weight is 487 g/mol. The molecule has 5 nitrogen and oxygen atoms in total. The zero-order valence-electron chi connectivity index (χ0n) is 21.1. The van der Waals surface area contributed by atoms with Gasteiger partial charge in [-0.2, -0.15) is 0 Å². The number of phenolic OH excluding ortho intramolecular Hbond substituents is 2. The first-order valence-electron chi connectivity index (χ1n) is 13.5. The SMILES string of the molecule is Oc1ccc2c(c1)CCC(c1ccc(O)cc1NCc1ccc(OCCN3CCCCCC3)cc1)C2. The monoisotopic (exact) mass is 486 g/mol. The van der Waals surface area contributed by atoms with Gasteiger partial charge in [0.15, 0.2) is 0 Å². The summed E-state index contributed by atoms with van der Waals surface area (Å²) in [6, 6.07) is 19.7. The minimum atomic E-state index is 0.274. The molecule has 1 aliphatic heterocycles. The van der Waals surface area contributed by atoms with Crippen molar-refractivity contribution in [2.45, 2.75) is 57.4 Å². The molecule has 0 radical (unpaired) electrons. The first-order chi connectivity index (χ1) is 17.6. The summed E-state index contributed by atoms with van der Waals surface area (Å²) < 4.78 is 6.01. The topological polar surface area (TPSA) is 65.0 Å². The molecule has 3 aromatic carbocycles. The van der Waals surface area contributed by atoms with Gasteiger partial charge in [-0.05, 0) is 104 Å². The second kappa shape index (κ2) is 11.7. The molecule has 1 aliphatic carbocycles. The van der Waals surface area contributed by atoms with E-state index in [0.29, 0.717) is 18.2 Å². The van der Waals surface area contributed by atoms with Crippen molar-refractivity contribution in [2.24, 2.45) is 0 Å². The Hall–Kier alpha value is -3.18. The lowest BCUT2D eigenvalue weighted by atomic mass is 9.79. The highest BCUT2D eigenvalue weighted by Gasteiger charge is 2.23. The smallest absolute Gasteiger partial charge is 0.119 e. The average Bonchev–Trinajstić information content (AvgIpc) is 3.17. The third-order valence-electron chi connectivity index (χ3n) is 7.68. The molecule has 5 rings (SSSR count). The van der Waals surface area contributed by atoms with Gasteiger partial charge in [0.1, 0.15) is 23.9 Å². The van der Waals surface area contributed by atoms with Gasteiger partial charge in [-0.1, -0.05) is 37.1 Å². The fourth-order valence-electron chi connectivity index (χ4n) is 5.61. The molecule has 190 valence electrons. The van der Waals surface area contributed by atoms with Gasteiger partial charge in [0.2, 0.25) is 0 Å². The first-order valence-corrected chi connectivity index (χ1v) is 13.5. The Bertz CT molecular complexity index is 1140. The molecule has 36 heavy (non-hydrogen) atoms. The number of benzene rings is 3. The van der Waals surface area contributed by atoms with Crippen LogP contribution in [0, 0.1) is 0 Å². The predicted octanol–water partition coefficient (Wildman–Crippen LogP) is 6.24. The van der Waals surface area contributed by atoms with Crippen LogP contribution in [-0.4, -0.2) is 41.4 Å². The zero-order chi connectivity index (χ0) is 24.7. The van der Waals surface area contributed by atoms with Crippen molar-refractivity contribution in [3.63, 3.8) is 0 Å². The molecular formula is C31H38N2O3. The Balaban J connectivity index is 1.17. The molecule has 1 saturated heterocycles. The minimum absolute atomic E-state index is 0.274. The van der Waals surface area contributed by atoms with E-state index in [2.05, 4.69) is 40.5 Å². The van der Waals surface area contributed by atoms with Crippen LogP contribution in [0.25, 0.3) is 0 Å². The van der Waals surface area contributed by atoms with Crippen molar-refractivity contribution in [2.75, 3.05) is 31.6 Å². The Morgan fingerprint density at radius 2 is 1.58 bits per heavy atom. The molecule has 1 atom stereocenters. The molecular weight excluding hydrogens is 448 g/mol. The van der Waals surface area contributed by atoms with E-state index in [1.807, 2.05) is 18.2 Å². The molecule has 0 saturated carbocycles.